The summed E-state index contributed by atoms with van der Waals surface area (Å²) >= 11 is 0. The van der Waals surface area contributed by atoms with Crippen molar-refractivity contribution in [2.24, 2.45) is 4.99 Å². The van der Waals surface area contributed by atoms with Crippen LogP contribution in [0.15, 0.2) is 53.7 Å². The van der Waals surface area contributed by atoms with Gasteiger partial charge < -0.3 is 14.5 Å². The number of nitrogens with zero attached hydrogens (tertiary/aromatic N) is 3. The van der Waals surface area contributed by atoms with Crippen molar-refractivity contribution in [2.45, 2.75) is 20.0 Å². The van der Waals surface area contributed by atoms with Gasteiger partial charge in [0.2, 0.25) is 0 Å². The first-order valence-corrected chi connectivity index (χ1v) is 8.22. The van der Waals surface area contributed by atoms with Gasteiger partial charge in [-0.25, -0.2) is 4.98 Å². The summed E-state index contributed by atoms with van der Waals surface area (Å²) in [5, 5.41) is 3.33. The highest BCUT2D eigenvalue weighted by atomic mass is 16.5. The molecule has 3 heterocycles. The average molecular weight is 320 g/mol. The first-order valence-electron chi connectivity index (χ1n) is 8.22. The molecule has 4 rings (SSSR count). The van der Waals surface area contributed by atoms with Crippen molar-refractivity contribution in [1.82, 2.24) is 14.7 Å². The van der Waals surface area contributed by atoms with Crippen molar-refractivity contribution in [3.8, 4) is 5.75 Å². The molecule has 122 valence electrons. The topological polar surface area (TPSA) is 50.9 Å². The maximum atomic E-state index is 6.01. The summed E-state index contributed by atoms with van der Waals surface area (Å²) in [7, 11) is 0. The van der Waals surface area contributed by atoms with Gasteiger partial charge in [0.15, 0.2) is 11.4 Å². The molecular formula is C19H20N4O. The van der Waals surface area contributed by atoms with Crippen LogP contribution in [0, 0.1) is 6.92 Å². The number of aromatic nitrogens is 2. The van der Waals surface area contributed by atoms with E-state index in [-0.39, 0.29) is 0 Å². The Morgan fingerprint density at radius 3 is 2.83 bits per heavy atom. The molecule has 1 aliphatic rings. The van der Waals surface area contributed by atoms with Gasteiger partial charge >= 0.3 is 0 Å². The minimum atomic E-state index is 0.538. The average Bonchev–Trinajstić information content (AvgIpc) is 3.23. The number of rotatable bonds is 5. The number of ether oxygens (including phenoxy) is 1. The molecule has 1 aliphatic heterocycles. The number of aryl methyl sites for hydroxylation is 1. The predicted molar refractivity (Wildman–Crippen MR) is 94.7 cm³/mol. The van der Waals surface area contributed by atoms with E-state index in [4.69, 9.17) is 9.72 Å². The van der Waals surface area contributed by atoms with Crippen LogP contribution in [0.25, 0.3) is 5.65 Å². The summed E-state index contributed by atoms with van der Waals surface area (Å²) in [6.45, 7) is 4.36. The molecule has 0 saturated carbocycles. The maximum Gasteiger partial charge on any atom is 0.180 e. The van der Waals surface area contributed by atoms with E-state index in [1.54, 1.807) is 0 Å². The van der Waals surface area contributed by atoms with E-state index in [1.165, 1.54) is 0 Å². The minimum Gasteiger partial charge on any atom is -0.485 e. The predicted octanol–water partition coefficient (Wildman–Crippen LogP) is 2.77. The number of aliphatic imine (C=N–C) groups is 1. The molecule has 0 fully saturated rings. The quantitative estimate of drug-likeness (QED) is 0.786. The lowest BCUT2D eigenvalue weighted by atomic mass is 10.2. The zero-order valence-electron chi connectivity index (χ0n) is 13.7. The molecule has 3 aromatic rings. The van der Waals surface area contributed by atoms with Crippen molar-refractivity contribution in [2.75, 3.05) is 13.1 Å². The number of imidazole rings is 1. The largest absolute Gasteiger partial charge is 0.485 e. The molecule has 1 aromatic carbocycles. The number of hydrogen-bond donors (Lipinski definition) is 1. The van der Waals surface area contributed by atoms with Gasteiger partial charge in [-0.15, -0.1) is 0 Å². The number of amidine groups is 1. The zero-order chi connectivity index (χ0) is 16.4. The summed E-state index contributed by atoms with van der Waals surface area (Å²) in [5.41, 5.74) is 4.18. The van der Waals surface area contributed by atoms with Gasteiger partial charge in [-0.2, -0.15) is 0 Å². The van der Waals surface area contributed by atoms with E-state index >= 15 is 0 Å². The SMILES string of the molecule is Cc1nc2c(OCc3ccccc3)cccn2c1CC1=NCCN1. The van der Waals surface area contributed by atoms with Gasteiger partial charge in [0, 0.05) is 19.2 Å². The molecule has 5 heteroatoms. The van der Waals surface area contributed by atoms with E-state index in [0.717, 1.165) is 53.7 Å². The Morgan fingerprint density at radius 2 is 2.04 bits per heavy atom. The highest BCUT2D eigenvalue weighted by Gasteiger charge is 2.16. The van der Waals surface area contributed by atoms with E-state index in [2.05, 4.69) is 26.8 Å². The number of hydrogen-bond acceptors (Lipinski definition) is 4. The molecule has 24 heavy (non-hydrogen) atoms. The molecule has 1 N–H and O–H groups in total. The lowest BCUT2D eigenvalue weighted by molar-refractivity contribution is 0.308. The number of nitrogens with one attached hydrogen (secondary N) is 1. The van der Waals surface area contributed by atoms with E-state index in [0.29, 0.717) is 6.61 Å². The molecule has 0 aliphatic carbocycles. The Kier molecular flexibility index (Phi) is 3.91. The molecule has 0 spiro atoms. The lowest BCUT2D eigenvalue weighted by Gasteiger charge is -2.08. The summed E-state index contributed by atoms with van der Waals surface area (Å²) < 4.78 is 8.12. The van der Waals surface area contributed by atoms with E-state index < -0.39 is 0 Å². The smallest absolute Gasteiger partial charge is 0.180 e. The van der Waals surface area contributed by atoms with Crippen LogP contribution in [0.3, 0.4) is 0 Å². The van der Waals surface area contributed by atoms with Crippen LogP contribution in [-0.2, 0) is 13.0 Å². The second-order valence-electron chi connectivity index (χ2n) is 5.92. The molecule has 2 aromatic heterocycles. The Labute approximate surface area is 141 Å². The van der Waals surface area contributed by atoms with Gasteiger partial charge in [0.1, 0.15) is 12.4 Å². The third-order valence-electron chi connectivity index (χ3n) is 4.23. The number of benzene rings is 1. The zero-order valence-corrected chi connectivity index (χ0v) is 13.7. The second-order valence-corrected chi connectivity index (χ2v) is 5.92. The fourth-order valence-electron chi connectivity index (χ4n) is 2.99. The van der Waals surface area contributed by atoms with E-state index in [9.17, 15) is 0 Å². The number of pyridine rings is 1. The third kappa shape index (κ3) is 2.85. The van der Waals surface area contributed by atoms with Crippen LogP contribution < -0.4 is 10.1 Å². The van der Waals surface area contributed by atoms with Gasteiger partial charge in [-0.3, -0.25) is 4.99 Å². The Morgan fingerprint density at radius 1 is 1.17 bits per heavy atom. The van der Waals surface area contributed by atoms with Crippen LogP contribution in [0.4, 0.5) is 0 Å². The highest BCUT2D eigenvalue weighted by Crippen LogP contribution is 2.23. The van der Waals surface area contributed by atoms with Gasteiger partial charge in [0.25, 0.3) is 0 Å². The monoisotopic (exact) mass is 320 g/mol. The molecular weight excluding hydrogens is 300 g/mol. The highest BCUT2D eigenvalue weighted by molar-refractivity contribution is 5.85. The second kappa shape index (κ2) is 6.35. The molecule has 0 atom stereocenters. The van der Waals surface area contributed by atoms with Crippen LogP contribution in [-0.4, -0.2) is 28.3 Å². The van der Waals surface area contributed by atoms with Crippen molar-refractivity contribution < 1.29 is 4.74 Å². The summed E-state index contributed by atoms with van der Waals surface area (Å²) in [6, 6.07) is 14.1. The van der Waals surface area contributed by atoms with Gasteiger partial charge in [-0.1, -0.05) is 30.3 Å². The Bertz CT molecular complexity index is 883. The Hall–Kier alpha value is -2.82. The van der Waals surface area contributed by atoms with Crippen molar-refractivity contribution in [1.29, 1.82) is 0 Å². The fraction of sp³-hybridized carbons (Fsp3) is 0.263. The van der Waals surface area contributed by atoms with Crippen LogP contribution in [0.1, 0.15) is 17.0 Å². The van der Waals surface area contributed by atoms with Gasteiger partial charge in [0.05, 0.1) is 17.9 Å². The summed E-state index contributed by atoms with van der Waals surface area (Å²) in [6.07, 6.45) is 2.81. The lowest BCUT2D eigenvalue weighted by Crippen LogP contribution is -2.21. The normalized spacial score (nSPS) is 13.8. The molecule has 0 saturated heterocycles. The van der Waals surface area contributed by atoms with Gasteiger partial charge in [-0.05, 0) is 24.6 Å². The summed E-state index contributed by atoms with van der Waals surface area (Å²) in [5.74, 6) is 1.84. The first kappa shape index (κ1) is 14.8. The Balaban J connectivity index is 1.62. The fourth-order valence-corrected chi connectivity index (χ4v) is 2.99. The van der Waals surface area contributed by atoms with E-state index in [1.807, 2.05) is 43.5 Å². The third-order valence-corrected chi connectivity index (χ3v) is 4.23. The molecule has 0 bridgehead atoms. The van der Waals surface area contributed by atoms with Crippen LogP contribution >= 0.6 is 0 Å². The number of fused-ring (bicyclic) bond motifs is 1. The van der Waals surface area contributed by atoms with Crippen LogP contribution in [0.2, 0.25) is 0 Å². The van der Waals surface area contributed by atoms with Crippen LogP contribution in [0.5, 0.6) is 5.75 Å². The molecule has 0 unspecified atom stereocenters. The molecule has 5 nitrogen and oxygen atoms in total. The standard InChI is InChI=1S/C19H20N4O/c1-14-16(12-18-20-9-10-21-18)23-11-5-8-17(19(23)22-14)24-13-15-6-3-2-4-7-15/h2-8,11H,9-10,12-13H2,1H3,(H,20,21). The van der Waals surface area contributed by atoms with Crippen molar-refractivity contribution in [3.05, 3.63) is 65.6 Å². The molecule has 0 amide bonds. The minimum absolute atomic E-state index is 0.538. The van der Waals surface area contributed by atoms with Crippen molar-refractivity contribution in [3.63, 3.8) is 0 Å². The summed E-state index contributed by atoms with van der Waals surface area (Å²) in [4.78, 5) is 9.21. The van der Waals surface area contributed by atoms with Crippen molar-refractivity contribution >= 4 is 11.5 Å². The maximum absolute atomic E-state index is 6.01. The molecule has 0 radical (unpaired) electrons. The first-order chi connectivity index (χ1) is 11.8.